The number of aliphatic imine (C=N–C) groups is 4. The van der Waals surface area contributed by atoms with Gasteiger partial charge in [0.2, 0.25) is 23.6 Å². The smallest absolute Gasteiger partial charge is 0.485 e. The minimum Gasteiger partial charge on any atom is -2.00 e. The van der Waals surface area contributed by atoms with Gasteiger partial charge in [0.15, 0.2) is 20.2 Å². The molecule has 0 fully saturated rings. The van der Waals surface area contributed by atoms with E-state index < -0.39 is 31.3 Å². The Morgan fingerprint density at radius 2 is 0.557 bits per heavy atom. The molecule has 70 heavy (non-hydrogen) atoms. The van der Waals surface area contributed by atoms with Crippen LogP contribution >= 0.6 is 0 Å². The molecule has 4 aromatic carbocycles. The third kappa shape index (κ3) is 23.4. The standard InChI is InChI=1S/4C9H9NO2.2CHF3O3S.2H2O.2O.2Re/c4*11-8-4-2-1-3-7(8)9-10-5-6-12-9;2*2-1(3,4)8(5,6)7;;;;;;/h4*1-4,11H,5-6H2;2*(H,5,6,7);2*1H2;;;;/q;;;;;;;;2*-2;;/p-4. The molecule has 394 valence electrons. The SMILES string of the molecule is O=S(=O)([O-])C(F)(F)F.O=S(=O)([O-])C(F)(F)F.[O-2].[O-2].[O-]c1ccccc1C1=NCCO1.[O-]c1ccccc1C1=NCCO1.[O-]c1ccccc1C1=NCCO1.[O-]c1ccccc1C1=NCCO1.[OH3+].[OH3+].[Re].[Re]. The van der Waals surface area contributed by atoms with Crippen LogP contribution in [0.25, 0.3) is 0 Å². The van der Waals surface area contributed by atoms with E-state index in [0.29, 0.717) is 98.5 Å². The zero-order valence-electron chi connectivity index (χ0n) is 35.2. The third-order valence-electron chi connectivity index (χ3n) is 7.38. The first kappa shape index (κ1) is 71.1. The van der Waals surface area contributed by atoms with E-state index in [1.165, 1.54) is 24.3 Å². The molecule has 4 heterocycles. The predicted molar refractivity (Wildman–Crippen MR) is 216 cm³/mol. The maximum absolute atomic E-state index is 11.2. The Bertz CT molecular complexity index is 2240. The maximum atomic E-state index is 11.2. The Morgan fingerprint density at radius 3 is 0.671 bits per heavy atom. The van der Waals surface area contributed by atoms with Gasteiger partial charge in [0, 0.05) is 63.1 Å². The maximum Gasteiger partial charge on any atom is 0.485 e. The van der Waals surface area contributed by atoms with Crippen LogP contribution in [-0.2, 0) is 102 Å². The van der Waals surface area contributed by atoms with Crippen molar-refractivity contribution in [1.29, 1.82) is 0 Å². The number of alkyl halides is 6. The van der Waals surface area contributed by atoms with Crippen molar-refractivity contribution >= 4 is 43.8 Å². The third-order valence-corrected chi connectivity index (χ3v) is 8.51. The predicted octanol–water partition coefficient (Wildman–Crippen LogP) is 0.164. The molecule has 22 nitrogen and oxygen atoms in total. The summed E-state index contributed by atoms with van der Waals surface area (Å²) in [7, 11) is -12.2. The van der Waals surface area contributed by atoms with Crippen molar-refractivity contribution in [3.8, 4) is 23.0 Å². The Balaban J connectivity index is -0.000000370. The van der Waals surface area contributed by atoms with E-state index in [0.717, 1.165) is 0 Å². The Morgan fingerprint density at radius 1 is 0.400 bits per heavy atom. The summed E-state index contributed by atoms with van der Waals surface area (Å²) in [6.07, 6.45) is 0. The minimum absolute atomic E-state index is 0. The molecule has 4 aliphatic heterocycles. The fraction of sp³-hybridized carbons (Fsp3) is 0.263. The monoisotopic (exact) mass is 1390 g/mol. The van der Waals surface area contributed by atoms with Crippen LogP contribution in [0.3, 0.4) is 0 Å². The van der Waals surface area contributed by atoms with Gasteiger partial charge in [-0.25, -0.2) is 36.8 Å². The number of para-hydroxylation sites is 4. The fourth-order valence-electron chi connectivity index (χ4n) is 4.57. The average molecular weight is 1390 g/mol. The van der Waals surface area contributed by atoms with E-state index in [-0.39, 0.29) is 85.7 Å². The van der Waals surface area contributed by atoms with Crippen LogP contribution in [0, 0.1) is 0 Å². The summed E-state index contributed by atoms with van der Waals surface area (Å²) in [6.45, 7) is 4.97. The molecule has 0 spiro atoms. The second kappa shape index (κ2) is 33.2. The molecule has 8 rings (SSSR count). The van der Waals surface area contributed by atoms with Gasteiger partial charge in [-0.1, -0.05) is 120 Å². The number of hydrogen-bond acceptors (Lipinski definition) is 18. The van der Waals surface area contributed by atoms with Gasteiger partial charge in [-0.15, -0.1) is 0 Å². The molecule has 0 amide bonds. The van der Waals surface area contributed by atoms with Crippen molar-refractivity contribution in [3.63, 3.8) is 0 Å². The number of hydrogen-bond donors (Lipinski definition) is 0. The van der Waals surface area contributed by atoms with Gasteiger partial charge in [0.25, 0.3) is 0 Å². The van der Waals surface area contributed by atoms with Gasteiger partial charge in [0.05, 0.1) is 26.2 Å². The summed E-state index contributed by atoms with van der Waals surface area (Å²) in [6, 6.07) is 27.0. The van der Waals surface area contributed by atoms with Crippen LogP contribution in [0.2, 0.25) is 0 Å². The Kier molecular flexibility index (Phi) is 33.7. The van der Waals surface area contributed by atoms with Crippen LogP contribution in [0.1, 0.15) is 22.3 Å². The van der Waals surface area contributed by atoms with Gasteiger partial charge in [-0.05, 0) is 0 Å². The number of halogens is 6. The second-order valence-electron chi connectivity index (χ2n) is 11.9. The molecule has 0 bridgehead atoms. The molecule has 2 radical (unpaired) electrons. The Labute approximate surface area is 422 Å². The van der Waals surface area contributed by atoms with Crippen molar-refractivity contribution in [2.75, 3.05) is 52.6 Å². The molecule has 6 N–H and O–H groups in total. The molecule has 4 aromatic rings. The van der Waals surface area contributed by atoms with Crippen LogP contribution in [0.15, 0.2) is 117 Å². The van der Waals surface area contributed by atoms with Crippen molar-refractivity contribution in [1.82, 2.24) is 0 Å². The minimum atomic E-state index is -6.09. The molecule has 0 atom stereocenters. The fourth-order valence-corrected chi connectivity index (χ4v) is 4.57. The largest absolute Gasteiger partial charge is 2.00 e. The van der Waals surface area contributed by atoms with Gasteiger partial charge < -0.3 is 70.4 Å². The zero-order valence-corrected chi connectivity index (χ0v) is 42.3. The summed E-state index contributed by atoms with van der Waals surface area (Å²) in [4.78, 5) is 16.2. The summed E-state index contributed by atoms with van der Waals surface area (Å²) in [5.74, 6) is 1.83. The van der Waals surface area contributed by atoms with Gasteiger partial charge in [-0.2, -0.15) is 26.3 Å². The van der Waals surface area contributed by atoms with Gasteiger partial charge in [-0.3, -0.25) is 0 Å². The van der Waals surface area contributed by atoms with E-state index in [1.54, 1.807) is 72.8 Å². The molecule has 0 saturated heterocycles. The molecule has 0 unspecified atom stereocenters. The number of ether oxygens (including phenoxy) is 4. The van der Waals surface area contributed by atoms with Crippen LogP contribution in [0.4, 0.5) is 26.3 Å². The summed E-state index contributed by atoms with van der Waals surface area (Å²) < 4.78 is 138. The van der Waals surface area contributed by atoms with Crippen LogP contribution in [0.5, 0.6) is 23.0 Å². The first-order valence-electron chi connectivity index (χ1n) is 17.8. The van der Waals surface area contributed by atoms with Crippen molar-refractivity contribution in [2.24, 2.45) is 20.0 Å². The Hall–Kier alpha value is -5.48. The average Bonchev–Trinajstić information content (AvgIpc) is 4.08. The van der Waals surface area contributed by atoms with E-state index in [9.17, 15) is 46.8 Å². The van der Waals surface area contributed by atoms with Gasteiger partial charge in [0.1, 0.15) is 26.4 Å². The van der Waals surface area contributed by atoms with Crippen molar-refractivity contribution in [3.05, 3.63) is 119 Å². The van der Waals surface area contributed by atoms with Crippen molar-refractivity contribution < 1.29 is 154 Å². The molecular formula is C38H38F6N4O18Re2S2-8. The summed E-state index contributed by atoms with van der Waals surface area (Å²) >= 11 is 0. The molecular weight excluding hydrogens is 1350 g/mol. The van der Waals surface area contributed by atoms with E-state index in [2.05, 4.69) is 20.0 Å². The van der Waals surface area contributed by atoms with E-state index in [1.807, 2.05) is 0 Å². The number of rotatable bonds is 4. The van der Waals surface area contributed by atoms with E-state index >= 15 is 0 Å². The number of nitrogens with zero attached hydrogens (tertiary/aromatic N) is 4. The molecule has 32 heteroatoms. The topological polar surface area (TPSA) is 416 Å². The zero-order chi connectivity index (χ0) is 47.6. The quantitative estimate of drug-likeness (QED) is 0.114. The van der Waals surface area contributed by atoms with Crippen LogP contribution in [-0.4, -0.2) is 113 Å². The molecule has 0 aromatic heterocycles. The first-order chi connectivity index (χ1) is 30.0. The summed E-state index contributed by atoms with van der Waals surface area (Å²) in [5.41, 5.74) is -9.03. The summed E-state index contributed by atoms with van der Waals surface area (Å²) in [5, 5.41) is 45.0. The number of benzene rings is 4. The van der Waals surface area contributed by atoms with Crippen molar-refractivity contribution in [2.45, 2.75) is 11.0 Å². The van der Waals surface area contributed by atoms with E-state index in [4.69, 9.17) is 44.9 Å². The normalized spacial score (nSPS) is 13.8. The molecule has 0 aliphatic carbocycles. The first-order valence-corrected chi connectivity index (χ1v) is 20.6. The molecule has 4 aliphatic rings. The van der Waals surface area contributed by atoms with Crippen LogP contribution < -0.4 is 20.4 Å². The molecule has 0 saturated carbocycles. The second-order valence-corrected chi connectivity index (χ2v) is 14.7. The van der Waals surface area contributed by atoms with Gasteiger partial charge >= 0.3 is 11.0 Å².